The number of fused-ring (bicyclic) bond motifs is 1. The van der Waals surface area contributed by atoms with Gasteiger partial charge >= 0.3 is 0 Å². The zero-order valence-electron chi connectivity index (χ0n) is 12.5. The minimum Gasteiger partial charge on any atom is -0.395 e. The van der Waals surface area contributed by atoms with Gasteiger partial charge < -0.3 is 10.0 Å². The fraction of sp³-hybridized carbons (Fsp3) is 0.188. The number of aliphatic hydroxyl groups is 1. The number of nitrogens with zero attached hydrogens (tertiary/aromatic N) is 3. The number of thiazole rings is 1. The van der Waals surface area contributed by atoms with E-state index in [0.717, 1.165) is 5.56 Å². The summed E-state index contributed by atoms with van der Waals surface area (Å²) in [5, 5.41) is 10.8. The highest BCUT2D eigenvalue weighted by molar-refractivity contribution is 7.15. The number of aliphatic hydroxyl groups excluding tert-OH is 1. The number of likely N-dealkylation sites (N-methyl/N-ethyl adjacent to an activating group) is 1. The van der Waals surface area contributed by atoms with E-state index >= 15 is 0 Å². The van der Waals surface area contributed by atoms with E-state index in [2.05, 4.69) is 4.98 Å². The standard InChI is InChI=1S/C16H15N3O3S/c1-18(7-8-20)14(21)12-9-17-16-19(15(12)22)13(10-23-16)11-5-3-2-4-6-11/h2-6,9-10,20H,7-8H2,1H3. The van der Waals surface area contributed by atoms with Crippen LogP contribution in [0.15, 0.2) is 46.7 Å². The topological polar surface area (TPSA) is 74.9 Å². The Bertz CT molecular complexity index is 902. The normalized spacial score (nSPS) is 10.9. The van der Waals surface area contributed by atoms with Gasteiger partial charge in [-0.25, -0.2) is 4.98 Å². The van der Waals surface area contributed by atoms with E-state index in [1.54, 1.807) is 7.05 Å². The van der Waals surface area contributed by atoms with Crippen molar-refractivity contribution in [2.45, 2.75) is 0 Å². The van der Waals surface area contributed by atoms with Crippen molar-refractivity contribution < 1.29 is 9.90 Å². The van der Waals surface area contributed by atoms with Crippen molar-refractivity contribution >= 4 is 22.2 Å². The Morgan fingerprint density at radius 3 is 2.78 bits per heavy atom. The highest BCUT2D eigenvalue weighted by atomic mass is 32.1. The average Bonchev–Trinajstić information content (AvgIpc) is 3.00. The van der Waals surface area contributed by atoms with Crippen LogP contribution in [0, 0.1) is 0 Å². The quantitative estimate of drug-likeness (QED) is 0.787. The Morgan fingerprint density at radius 2 is 2.09 bits per heavy atom. The summed E-state index contributed by atoms with van der Waals surface area (Å²) in [7, 11) is 1.54. The number of carbonyl (C=O) groups excluding carboxylic acids is 1. The SMILES string of the molecule is CN(CCO)C(=O)c1cnc2scc(-c3ccccc3)n2c1=O. The molecule has 23 heavy (non-hydrogen) atoms. The maximum Gasteiger partial charge on any atom is 0.271 e. The molecule has 1 aromatic carbocycles. The molecule has 0 saturated carbocycles. The molecule has 0 unspecified atom stereocenters. The lowest BCUT2D eigenvalue weighted by Crippen LogP contribution is -2.34. The van der Waals surface area contributed by atoms with Gasteiger partial charge in [-0.2, -0.15) is 0 Å². The average molecular weight is 329 g/mol. The molecular formula is C16H15N3O3S. The molecule has 0 aliphatic rings. The van der Waals surface area contributed by atoms with Crippen LogP contribution in [0.4, 0.5) is 0 Å². The highest BCUT2D eigenvalue weighted by Gasteiger charge is 2.19. The molecule has 0 aliphatic heterocycles. The summed E-state index contributed by atoms with van der Waals surface area (Å²) in [4.78, 5) is 31.2. The van der Waals surface area contributed by atoms with E-state index in [9.17, 15) is 9.59 Å². The van der Waals surface area contributed by atoms with E-state index in [-0.39, 0.29) is 18.7 Å². The highest BCUT2D eigenvalue weighted by Crippen LogP contribution is 2.23. The van der Waals surface area contributed by atoms with Crippen molar-refractivity contribution in [2.24, 2.45) is 0 Å². The first-order valence-electron chi connectivity index (χ1n) is 7.04. The van der Waals surface area contributed by atoms with Gasteiger partial charge in [0.25, 0.3) is 11.5 Å². The van der Waals surface area contributed by atoms with Gasteiger partial charge in [0, 0.05) is 25.2 Å². The second-order valence-corrected chi connectivity index (χ2v) is 5.87. The summed E-state index contributed by atoms with van der Waals surface area (Å²) in [6.07, 6.45) is 1.30. The predicted molar refractivity (Wildman–Crippen MR) is 88.8 cm³/mol. The largest absolute Gasteiger partial charge is 0.395 e. The molecule has 0 saturated heterocycles. The number of hydrogen-bond donors (Lipinski definition) is 1. The molecule has 6 nitrogen and oxygen atoms in total. The number of aromatic nitrogens is 2. The van der Waals surface area contributed by atoms with Crippen molar-refractivity contribution in [1.82, 2.24) is 14.3 Å². The second-order valence-electron chi connectivity index (χ2n) is 5.03. The van der Waals surface area contributed by atoms with Crippen LogP contribution >= 0.6 is 11.3 Å². The predicted octanol–water partition coefficient (Wildman–Crippen LogP) is 1.49. The van der Waals surface area contributed by atoms with E-state index in [0.29, 0.717) is 10.7 Å². The lowest BCUT2D eigenvalue weighted by Gasteiger charge is -2.15. The van der Waals surface area contributed by atoms with Crippen LogP contribution in [-0.2, 0) is 0 Å². The zero-order valence-corrected chi connectivity index (χ0v) is 13.3. The lowest BCUT2D eigenvalue weighted by atomic mass is 10.2. The first-order valence-corrected chi connectivity index (χ1v) is 7.92. The van der Waals surface area contributed by atoms with Gasteiger partial charge in [-0.15, -0.1) is 11.3 Å². The van der Waals surface area contributed by atoms with Crippen LogP contribution in [-0.4, -0.2) is 45.5 Å². The summed E-state index contributed by atoms with van der Waals surface area (Å²) >= 11 is 1.35. The van der Waals surface area contributed by atoms with Crippen LogP contribution in [0.5, 0.6) is 0 Å². The number of amides is 1. The van der Waals surface area contributed by atoms with Crippen molar-refractivity contribution in [2.75, 3.05) is 20.2 Å². The molecule has 3 aromatic rings. The molecule has 1 N–H and O–H groups in total. The molecular weight excluding hydrogens is 314 g/mol. The zero-order chi connectivity index (χ0) is 16.4. The molecule has 0 bridgehead atoms. The van der Waals surface area contributed by atoms with Gasteiger partial charge in [0.15, 0.2) is 4.96 Å². The van der Waals surface area contributed by atoms with E-state index in [4.69, 9.17) is 5.11 Å². The summed E-state index contributed by atoms with van der Waals surface area (Å²) in [6.45, 7) is 0.00309. The molecule has 7 heteroatoms. The van der Waals surface area contributed by atoms with Crippen LogP contribution in [0.3, 0.4) is 0 Å². The van der Waals surface area contributed by atoms with Crippen molar-refractivity contribution in [3.8, 4) is 11.3 Å². The summed E-state index contributed by atoms with van der Waals surface area (Å²) < 4.78 is 1.46. The Labute approximate surface area is 136 Å². The molecule has 1 amide bonds. The Hall–Kier alpha value is -2.51. The molecule has 0 aliphatic carbocycles. The van der Waals surface area contributed by atoms with E-state index < -0.39 is 11.5 Å². The van der Waals surface area contributed by atoms with Gasteiger partial charge in [0.05, 0.1) is 12.3 Å². The lowest BCUT2D eigenvalue weighted by molar-refractivity contribution is 0.0764. The van der Waals surface area contributed by atoms with Gasteiger partial charge in [-0.05, 0) is 5.56 Å². The maximum atomic E-state index is 12.8. The van der Waals surface area contributed by atoms with Crippen LogP contribution in [0.25, 0.3) is 16.2 Å². The summed E-state index contributed by atoms with van der Waals surface area (Å²) in [5.74, 6) is -0.448. The fourth-order valence-electron chi connectivity index (χ4n) is 2.31. The molecule has 0 atom stereocenters. The third kappa shape index (κ3) is 2.76. The molecule has 3 rings (SSSR count). The minimum absolute atomic E-state index is 0.00553. The summed E-state index contributed by atoms with van der Waals surface area (Å²) in [6, 6.07) is 9.49. The fourth-order valence-corrected chi connectivity index (χ4v) is 3.17. The van der Waals surface area contributed by atoms with E-state index in [1.807, 2.05) is 35.7 Å². The number of hydrogen-bond acceptors (Lipinski definition) is 5. The van der Waals surface area contributed by atoms with Crippen LogP contribution < -0.4 is 5.56 Å². The monoisotopic (exact) mass is 329 g/mol. The Morgan fingerprint density at radius 1 is 1.35 bits per heavy atom. The van der Waals surface area contributed by atoms with Gasteiger partial charge in [0.1, 0.15) is 5.56 Å². The second kappa shape index (κ2) is 6.31. The van der Waals surface area contributed by atoms with Crippen molar-refractivity contribution in [1.29, 1.82) is 0 Å². The van der Waals surface area contributed by atoms with Gasteiger partial charge in [-0.3, -0.25) is 14.0 Å². The smallest absolute Gasteiger partial charge is 0.271 e. The Balaban J connectivity index is 2.16. The van der Waals surface area contributed by atoms with Crippen LogP contribution in [0.1, 0.15) is 10.4 Å². The van der Waals surface area contributed by atoms with Crippen molar-refractivity contribution in [3.63, 3.8) is 0 Å². The van der Waals surface area contributed by atoms with Gasteiger partial charge in [0.2, 0.25) is 0 Å². The molecule has 0 radical (unpaired) electrons. The Kier molecular flexibility index (Phi) is 4.22. The first-order chi connectivity index (χ1) is 11.1. The minimum atomic E-state index is -0.448. The van der Waals surface area contributed by atoms with Gasteiger partial charge in [-0.1, -0.05) is 30.3 Å². The molecule has 0 fully saturated rings. The number of carbonyl (C=O) groups is 1. The number of rotatable bonds is 4. The molecule has 118 valence electrons. The van der Waals surface area contributed by atoms with Crippen LogP contribution in [0.2, 0.25) is 0 Å². The third-order valence-corrected chi connectivity index (χ3v) is 4.37. The summed E-state index contributed by atoms with van der Waals surface area (Å²) in [5.41, 5.74) is 1.19. The third-order valence-electron chi connectivity index (χ3n) is 3.53. The molecule has 2 aromatic heterocycles. The first kappa shape index (κ1) is 15.4. The maximum absolute atomic E-state index is 12.8. The van der Waals surface area contributed by atoms with E-state index in [1.165, 1.54) is 26.8 Å². The molecule has 2 heterocycles. The number of benzene rings is 1. The molecule has 0 spiro atoms. The van der Waals surface area contributed by atoms with Crippen molar-refractivity contribution in [3.05, 3.63) is 57.8 Å².